The topological polar surface area (TPSA) is 30.8 Å². The maximum atomic E-state index is 5.28. The fraction of sp³-hybridized carbons (Fsp3) is 0.222. The third kappa shape index (κ3) is 3.05. The van der Waals surface area contributed by atoms with E-state index in [1.54, 1.807) is 6.21 Å². The van der Waals surface area contributed by atoms with Gasteiger partial charge in [0.15, 0.2) is 0 Å². The molecule has 0 bridgehead atoms. The largest absolute Gasteiger partial charge is 0.488 e. The zero-order chi connectivity index (χ0) is 8.65. The second kappa shape index (κ2) is 5.18. The first-order chi connectivity index (χ1) is 5.93. The van der Waals surface area contributed by atoms with E-state index in [4.69, 9.17) is 4.74 Å². The summed E-state index contributed by atoms with van der Waals surface area (Å²) in [6.45, 7) is 0.428. The predicted octanol–water partition coefficient (Wildman–Crippen LogP) is 1.70. The molecule has 0 saturated carbocycles. The Hall–Kier alpha value is -1.51. The monoisotopic (exact) mass is 165 g/mol. The number of para-hydroxylation sites is 1. The third-order valence-electron chi connectivity index (χ3n) is 1.25. The summed E-state index contributed by atoms with van der Waals surface area (Å²) in [6.07, 6.45) is 1.56. The van der Waals surface area contributed by atoms with Crippen LogP contribution in [0.25, 0.3) is 0 Å². The first-order valence-electron chi connectivity index (χ1n) is 3.66. The van der Waals surface area contributed by atoms with E-state index in [0.717, 1.165) is 5.75 Å². The van der Waals surface area contributed by atoms with Crippen LogP contribution in [0.15, 0.2) is 35.5 Å². The molecule has 1 rings (SSSR count). The van der Waals surface area contributed by atoms with Crippen molar-refractivity contribution >= 4 is 6.21 Å². The molecule has 1 aromatic carbocycles. The minimum Gasteiger partial charge on any atom is -0.488 e. The van der Waals surface area contributed by atoms with Gasteiger partial charge in [0.2, 0.25) is 0 Å². The molecule has 0 radical (unpaired) electrons. The van der Waals surface area contributed by atoms with Crippen LogP contribution in [0.5, 0.6) is 5.75 Å². The van der Waals surface area contributed by atoms with Gasteiger partial charge in [-0.3, -0.25) is 0 Å². The van der Waals surface area contributed by atoms with Crippen LogP contribution in [0.3, 0.4) is 0 Å². The number of rotatable bonds is 4. The molecule has 0 heterocycles. The average Bonchev–Trinajstić information content (AvgIpc) is 2.14. The van der Waals surface area contributed by atoms with Gasteiger partial charge in [-0.2, -0.15) is 0 Å². The highest BCUT2D eigenvalue weighted by molar-refractivity contribution is 5.58. The second-order valence-electron chi connectivity index (χ2n) is 2.09. The minimum atomic E-state index is 0.428. The van der Waals surface area contributed by atoms with Crippen LogP contribution in [0, 0.1) is 0 Å². The molecule has 64 valence electrons. The summed E-state index contributed by atoms with van der Waals surface area (Å²) < 4.78 is 5.28. The van der Waals surface area contributed by atoms with Gasteiger partial charge in [-0.15, -0.1) is 0 Å². The second-order valence-corrected chi connectivity index (χ2v) is 2.09. The van der Waals surface area contributed by atoms with Crippen molar-refractivity contribution in [1.82, 2.24) is 0 Å². The van der Waals surface area contributed by atoms with Crippen LogP contribution >= 0.6 is 0 Å². The van der Waals surface area contributed by atoms with Crippen LogP contribution < -0.4 is 4.74 Å². The smallest absolute Gasteiger partial charge is 0.127 e. The Bertz CT molecular complexity index is 234. The summed E-state index contributed by atoms with van der Waals surface area (Å²) in [5, 5.41) is 3.54. The minimum absolute atomic E-state index is 0.428. The summed E-state index contributed by atoms with van der Waals surface area (Å²) in [4.78, 5) is 4.47. The van der Waals surface area contributed by atoms with Crippen molar-refractivity contribution < 1.29 is 9.57 Å². The van der Waals surface area contributed by atoms with Crippen molar-refractivity contribution in [3.05, 3.63) is 30.3 Å². The summed E-state index contributed by atoms with van der Waals surface area (Å²) in [5.41, 5.74) is 0. The molecular formula is C9H11NO2. The van der Waals surface area contributed by atoms with Gasteiger partial charge >= 0.3 is 0 Å². The lowest BCUT2D eigenvalue weighted by Crippen LogP contribution is -1.97. The molecule has 0 saturated heterocycles. The number of nitrogens with zero attached hydrogens (tertiary/aromatic N) is 1. The molecule has 0 aliphatic carbocycles. The number of hydrogen-bond donors (Lipinski definition) is 0. The molecule has 3 heteroatoms. The fourth-order valence-electron chi connectivity index (χ4n) is 0.755. The van der Waals surface area contributed by atoms with Crippen LogP contribution in [0.4, 0.5) is 0 Å². The van der Waals surface area contributed by atoms with Gasteiger partial charge in [-0.1, -0.05) is 23.4 Å². The maximum absolute atomic E-state index is 5.28. The van der Waals surface area contributed by atoms with Crippen LogP contribution in [0.1, 0.15) is 0 Å². The molecule has 1 aromatic rings. The molecule has 3 nitrogen and oxygen atoms in total. The zero-order valence-corrected chi connectivity index (χ0v) is 6.93. The molecule has 0 fully saturated rings. The summed E-state index contributed by atoms with van der Waals surface area (Å²) in [6, 6.07) is 9.56. The van der Waals surface area contributed by atoms with Gasteiger partial charge in [0, 0.05) is 0 Å². The Morgan fingerprint density at radius 1 is 1.33 bits per heavy atom. The lowest BCUT2D eigenvalue weighted by molar-refractivity contribution is 0.212. The van der Waals surface area contributed by atoms with E-state index in [-0.39, 0.29) is 0 Å². The van der Waals surface area contributed by atoms with Crippen molar-refractivity contribution in [2.45, 2.75) is 0 Å². The van der Waals surface area contributed by atoms with E-state index < -0.39 is 0 Å². The lowest BCUT2D eigenvalue weighted by Gasteiger charge is -2.00. The van der Waals surface area contributed by atoms with E-state index in [2.05, 4.69) is 9.99 Å². The molecule has 0 aliphatic rings. The fourth-order valence-corrected chi connectivity index (χ4v) is 0.755. The quantitative estimate of drug-likeness (QED) is 0.502. The standard InChI is InChI=1S/C9H11NO2/c1-11-10-7-8-12-9-5-3-2-4-6-9/h2-7H,8H2,1H3. The van der Waals surface area contributed by atoms with Gasteiger partial charge in [0.05, 0.1) is 6.21 Å². The van der Waals surface area contributed by atoms with Gasteiger partial charge in [-0.05, 0) is 12.1 Å². The molecule has 12 heavy (non-hydrogen) atoms. The maximum Gasteiger partial charge on any atom is 0.127 e. The molecule has 0 spiro atoms. The highest BCUT2D eigenvalue weighted by Crippen LogP contribution is 2.06. The van der Waals surface area contributed by atoms with Gasteiger partial charge < -0.3 is 9.57 Å². The number of benzene rings is 1. The zero-order valence-electron chi connectivity index (χ0n) is 6.93. The number of oxime groups is 1. The molecule has 0 unspecified atom stereocenters. The van der Waals surface area contributed by atoms with Crippen molar-refractivity contribution in [2.24, 2.45) is 5.16 Å². The van der Waals surface area contributed by atoms with E-state index >= 15 is 0 Å². The SMILES string of the molecule is CON=CCOc1ccccc1. The average molecular weight is 165 g/mol. The molecule has 0 N–H and O–H groups in total. The number of hydrogen-bond acceptors (Lipinski definition) is 3. The first-order valence-corrected chi connectivity index (χ1v) is 3.66. The Kier molecular flexibility index (Phi) is 3.71. The Labute approximate surface area is 71.6 Å². The summed E-state index contributed by atoms with van der Waals surface area (Å²) >= 11 is 0. The molecule has 0 amide bonds. The molecule has 0 aromatic heterocycles. The predicted molar refractivity (Wildman–Crippen MR) is 47.4 cm³/mol. The third-order valence-corrected chi connectivity index (χ3v) is 1.25. The molecule has 0 aliphatic heterocycles. The highest BCUT2D eigenvalue weighted by Gasteiger charge is 1.86. The van der Waals surface area contributed by atoms with E-state index in [1.807, 2.05) is 30.3 Å². The van der Waals surface area contributed by atoms with E-state index in [0.29, 0.717) is 6.61 Å². The van der Waals surface area contributed by atoms with Gasteiger partial charge in [0.1, 0.15) is 19.5 Å². The lowest BCUT2D eigenvalue weighted by atomic mass is 10.3. The Morgan fingerprint density at radius 3 is 2.75 bits per heavy atom. The van der Waals surface area contributed by atoms with Crippen molar-refractivity contribution in [3.8, 4) is 5.75 Å². The van der Waals surface area contributed by atoms with Gasteiger partial charge in [-0.25, -0.2) is 0 Å². The van der Waals surface area contributed by atoms with Crippen molar-refractivity contribution in [3.63, 3.8) is 0 Å². The van der Waals surface area contributed by atoms with E-state index in [1.165, 1.54) is 7.11 Å². The summed E-state index contributed by atoms with van der Waals surface area (Å²) in [7, 11) is 1.50. The Balaban J connectivity index is 2.29. The highest BCUT2D eigenvalue weighted by atomic mass is 16.6. The normalized spacial score (nSPS) is 10.1. The molecule has 0 atom stereocenters. The van der Waals surface area contributed by atoms with Crippen molar-refractivity contribution in [1.29, 1.82) is 0 Å². The number of ether oxygens (including phenoxy) is 1. The molecular weight excluding hydrogens is 154 g/mol. The van der Waals surface area contributed by atoms with Crippen LogP contribution in [-0.4, -0.2) is 19.9 Å². The summed E-state index contributed by atoms with van der Waals surface area (Å²) in [5.74, 6) is 0.833. The van der Waals surface area contributed by atoms with Gasteiger partial charge in [0.25, 0.3) is 0 Å². The Morgan fingerprint density at radius 2 is 2.08 bits per heavy atom. The first kappa shape index (κ1) is 8.59. The van der Waals surface area contributed by atoms with Crippen LogP contribution in [-0.2, 0) is 4.84 Å². The van der Waals surface area contributed by atoms with Crippen LogP contribution in [0.2, 0.25) is 0 Å². The van der Waals surface area contributed by atoms with Crippen molar-refractivity contribution in [2.75, 3.05) is 13.7 Å². The van der Waals surface area contributed by atoms with E-state index in [9.17, 15) is 0 Å².